The molecule has 0 aliphatic rings. The van der Waals surface area contributed by atoms with Gasteiger partial charge in [0.25, 0.3) is 0 Å². The van der Waals surface area contributed by atoms with Crippen LogP contribution >= 0.6 is 0 Å². The molecule has 0 amide bonds. The molecule has 3 rings (SSSR count). The first-order chi connectivity index (χ1) is 10.8. The van der Waals surface area contributed by atoms with E-state index in [1.807, 2.05) is 31.3 Å². The Morgan fingerprint density at radius 2 is 2.05 bits per heavy atom. The number of pyridine rings is 1. The van der Waals surface area contributed by atoms with Gasteiger partial charge in [-0.25, -0.2) is 4.98 Å². The number of benzene rings is 1. The van der Waals surface area contributed by atoms with Crippen LogP contribution in [0.2, 0.25) is 0 Å². The van der Waals surface area contributed by atoms with Gasteiger partial charge in [-0.3, -0.25) is 0 Å². The third-order valence-corrected chi connectivity index (χ3v) is 3.67. The van der Waals surface area contributed by atoms with Crippen molar-refractivity contribution < 1.29 is 4.74 Å². The molecule has 0 radical (unpaired) electrons. The summed E-state index contributed by atoms with van der Waals surface area (Å²) < 4.78 is 7.66. The zero-order valence-corrected chi connectivity index (χ0v) is 13.0. The second-order valence-corrected chi connectivity index (χ2v) is 5.33. The van der Waals surface area contributed by atoms with Crippen molar-refractivity contribution in [2.75, 3.05) is 11.9 Å². The fraction of sp³-hybridized carbons (Fsp3) is 0.278. The molecule has 0 aliphatic carbocycles. The molecule has 0 spiro atoms. The molecule has 0 unspecified atom stereocenters. The van der Waals surface area contributed by atoms with Gasteiger partial charge in [0.2, 0.25) is 0 Å². The van der Waals surface area contributed by atoms with E-state index in [0.717, 1.165) is 30.2 Å². The van der Waals surface area contributed by atoms with Gasteiger partial charge >= 0.3 is 0 Å². The Hall–Kier alpha value is -2.33. The maximum Gasteiger partial charge on any atom is 0.136 e. The highest BCUT2D eigenvalue weighted by atomic mass is 16.5. The quantitative estimate of drug-likeness (QED) is 0.752. The van der Waals surface area contributed by atoms with E-state index in [4.69, 9.17) is 4.74 Å². The first kappa shape index (κ1) is 14.6. The summed E-state index contributed by atoms with van der Waals surface area (Å²) in [6.45, 7) is 6.19. The highest BCUT2D eigenvalue weighted by Gasteiger charge is 2.05. The van der Waals surface area contributed by atoms with Crippen molar-refractivity contribution in [3.8, 4) is 0 Å². The van der Waals surface area contributed by atoms with Crippen molar-refractivity contribution in [1.82, 2.24) is 9.38 Å². The smallest absolute Gasteiger partial charge is 0.136 e. The zero-order chi connectivity index (χ0) is 15.4. The lowest BCUT2D eigenvalue weighted by Crippen LogP contribution is -2.05. The standard InChI is InChI=1S/C18H21N3O/c1-3-22-13-15-6-4-5-7-17(15)19-10-16-11-20-18-9-8-14(2)12-21(16)18/h4-9,11-12,19H,3,10,13H2,1-2H3. The Bertz CT molecular complexity index is 764. The van der Waals surface area contributed by atoms with Crippen LogP contribution in [0.3, 0.4) is 0 Å². The van der Waals surface area contributed by atoms with Crippen molar-refractivity contribution in [3.05, 3.63) is 65.6 Å². The molecule has 0 fully saturated rings. The van der Waals surface area contributed by atoms with Gasteiger partial charge in [0.15, 0.2) is 0 Å². The summed E-state index contributed by atoms with van der Waals surface area (Å²) >= 11 is 0. The van der Waals surface area contributed by atoms with Crippen LogP contribution in [0, 0.1) is 6.92 Å². The second kappa shape index (κ2) is 6.62. The Morgan fingerprint density at radius 1 is 1.18 bits per heavy atom. The largest absolute Gasteiger partial charge is 0.379 e. The fourth-order valence-electron chi connectivity index (χ4n) is 2.48. The lowest BCUT2D eigenvalue weighted by atomic mass is 10.2. The highest BCUT2D eigenvalue weighted by molar-refractivity contribution is 5.51. The van der Waals surface area contributed by atoms with E-state index in [9.17, 15) is 0 Å². The minimum atomic E-state index is 0.631. The Kier molecular flexibility index (Phi) is 4.39. The van der Waals surface area contributed by atoms with Crippen LogP contribution < -0.4 is 5.32 Å². The Morgan fingerprint density at radius 3 is 2.91 bits per heavy atom. The van der Waals surface area contributed by atoms with E-state index in [0.29, 0.717) is 6.61 Å². The molecule has 4 nitrogen and oxygen atoms in total. The van der Waals surface area contributed by atoms with Crippen molar-refractivity contribution in [3.63, 3.8) is 0 Å². The number of hydrogen-bond donors (Lipinski definition) is 1. The summed E-state index contributed by atoms with van der Waals surface area (Å²) in [5.74, 6) is 0. The molecule has 1 aromatic carbocycles. The van der Waals surface area contributed by atoms with E-state index >= 15 is 0 Å². The monoisotopic (exact) mass is 295 g/mol. The van der Waals surface area contributed by atoms with Crippen molar-refractivity contribution in [2.24, 2.45) is 0 Å². The SMILES string of the molecule is CCOCc1ccccc1NCc1cnc2ccc(C)cn12. The number of fused-ring (bicyclic) bond motifs is 1. The number of nitrogens with one attached hydrogen (secondary N) is 1. The maximum absolute atomic E-state index is 5.53. The van der Waals surface area contributed by atoms with Crippen LogP contribution in [-0.4, -0.2) is 16.0 Å². The van der Waals surface area contributed by atoms with Crippen molar-refractivity contribution in [1.29, 1.82) is 0 Å². The number of nitrogens with zero attached hydrogens (tertiary/aromatic N) is 2. The third kappa shape index (κ3) is 3.12. The Balaban J connectivity index is 1.78. The van der Waals surface area contributed by atoms with E-state index < -0.39 is 0 Å². The van der Waals surface area contributed by atoms with Crippen LogP contribution in [0.1, 0.15) is 23.7 Å². The van der Waals surface area contributed by atoms with Crippen LogP contribution in [0.4, 0.5) is 5.69 Å². The van der Waals surface area contributed by atoms with Gasteiger partial charge in [-0.15, -0.1) is 0 Å². The van der Waals surface area contributed by atoms with Crippen LogP contribution in [0.5, 0.6) is 0 Å². The predicted octanol–water partition coefficient (Wildman–Crippen LogP) is 3.79. The summed E-state index contributed by atoms with van der Waals surface area (Å²) in [4.78, 5) is 4.44. The number of imidazole rings is 1. The van der Waals surface area contributed by atoms with E-state index in [2.05, 4.69) is 46.0 Å². The molecular weight excluding hydrogens is 274 g/mol. The number of rotatable bonds is 6. The van der Waals surface area contributed by atoms with Crippen LogP contribution in [0.25, 0.3) is 5.65 Å². The predicted molar refractivity (Wildman–Crippen MR) is 89.0 cm³/mol. The summed E-state index contributed by atoms with van der Waals surface area (Å²) in [5.41, 5.74) is 5.63. The van der Waals surface area contributed by atoms with E-state index in [1.165, 1.54) is 11.1 Å². The molecule has 0 aliphatic heterocycles. The molecule has 0 bridgehead atoms. The lowest BCUT2D eigenvalue weighted by Gasteiger charge is -2.12. The normalized spacial score (nSPS) is 11.0. The summed E-state index contributed by atoms with van der Waals surface area (Å²) in [6.07, 6.45) is 4.04. The molecule has 0 saturated heterocycles. The van der Waals surface area contributed by atoms with E-state index in [1.54, 1.807) is 0 Å². The van der Waals surface area contributed by atoms with E-state index in [-0.39, 0.29) is 0 Å². The number of ether oxygens (including phenoxy) is 1. The molecule has 114 valence electrons. The minimum Gasteiger partial charge on any atom is -0.379 e. The molecule has 1 N–H and O–H groups in total. The first-order valence-corrected chi connectivity index (χ1v) is 7.60. The second-order valence-electron chi connectivity index (χ2n) is 5.33. The topological polar surface area (TPSA) is 38.6 Å². The molecule has 3 aromatic rings. The lowest BCUT2D eigenvalue weighted by molar-refractivity contribution is 0.134. The van der Waals surface area contributed by atoms with Gasteiger partial charge in [0.05, 0.1) is 25.0 Å². The third-order valence-electron chi connectivity index (χ3n) is 3.67. The van der Waals surface area contributed by atoms with Gasteiger partial charge in [0, 0.05) is 24.1 Å². The van der Waals surface area contributed by atoms with Crippen molar-refractivity contribution in [2.45, 2.75) is 27.0 Å². The van der Waals surface area contributed by atoms with Crippen LogP contribution in [0.15, 0.2) is 48.8 Å². The molecule has 2 heterocycles. The maximum atomic E-state index is 5.53. The average molecular weight is 295 g/mol. The van der Waals surface area contributed by atoms with Gasteiger partial charge in [-0.05, 0) is 31.5 Å². The summed E-state index contributed by atoms with van der Waals surface area (Å²) in [6, 6.07) is 12.4. The number of aromatic nitrogens is 2. The molecule has 2 aromatic heterocycles. The number of anilines is 1. The summed E-state index contributed by atoms with van der Waals surface area (Å²) in [5, 5.41) is 3.50. The van der Waals surface area contributed by atoms with Gasteiger partial charge in [-0.1, -0.05) is 24.3 Å². The average Bonchev–Trinajstić information content (AvgIpc) is 2.94. The molecule has 22 heavy (non-hydrogen) atoms. The molecule has 0 atom stereocenters. The molecule has 0 saturated carbocycles. The Labute approximate surface area is 130 Å². The first-order valence-electron chi connectivity index (χ1n) is 7.60. The highest BCUT2D eigenvalue weighted by Crippen LogP contribution is 2.18. The zero-order valence-electron chi connectivity index (χ0n) is 13.0. The molecular formula is C18H21N3O. The van der Waals surface area contributed by atoms with Crippen molar-refractivity contribution >= 4 is 11.3 Å². The number of para-hydroxylation sites is 1. The van der Waals surface area contributed by atoms with Crippen LogP contribution in [-0.2, 0) is 17.9 Å². The van der Waals surface area contributed by atoms with Gasteiger partial charge in [0.1, 0.15) is 5.65 Å². The number of hydrogen-bond acceptors (Lipinski definition) is 3. The van der Waals surface area contributed by atoms with Gasteiger partial charge in [-0.2, -0.15) is 0 Å². The minimum absolute atomic E-state index is 0.631. The molecule has 4 heteroatoms. The number of aryl methyl sites for hydroxylation is 1. The fourth-order valence-corrected chi connectivity index (χ4v) is 2.48. The van der Waals surface area contributed by atoms with Gasteiger partial charge < -0.3 is 14.5 Å². The summed E-state index contributed by atoms with van der Waals surface area (Å²) in [7, 11) is 0.